The molecule has 0 aliphatic heterocycles. The van der Waals surface area contributed by atoms with Gasteiger partial charge in [0.15, 0.2) is 0 Å². The molecule has 23 heavy (non-hydrogen) atoms. The zero-order valence-corrected chi connectivity index (χ0v) is 13.7. The molecule has 1 aromatic rings. The van der Waals surface area contributed by atoms with Crippen LogP contribution in [-0.2, 0) is 16.0 Å². The Morgan fingerprint density at radius 1 is 1.13 bits per heavy atom. The topological polar surface area (TPSA) is 84.9 Å². The molecule has 0 saturated carbocycles. The number of hydrogen-bond donors (Lipinski definition) is 2. The Bertz CT molecular complexity index is 486. The van der Waals surface area contributed by atoms with E-state index in [1.807, 2.05) is 13.8 Å². The van der Waals surface area contributed by atoms with Gasteiger partial charge in [0.05, 0.1) is 13.2 Å². The lowest BCUT2D eigenvalue weighted by Gasteiger charge is -2.15. The SMILES string of the molecule is CCCCOC(=O)N[C@@H](Cc1ccc(OCCC)cc1)C(=O)O. The number of unbranched alkanes of at least 4 members (excludes halogenated alkanes) is 1. The van der Waals surface area contributed by atoms with Crippen LogP contribution < -0.4 is 10.1 Å². The van der Waals surface area contributed by atoms with Gasteiger partial charge in [0.25, 0.3) is 0 Å². The first-order chi connectivity index (χ1) is 11.1. The molecule has 1 rings (SSSR count). The number of nitrogens with one attached hydrogen (secondary N) is 1. The van der Waals surface area contributed by atoms with Crippen molar-refractivity contribution in [3.05, 3.63) is 29.8 Å². The Hall–Kier alpha value is -2.24. The normalized spacial score (nSPS) is 11.6. The van der Waals surface area contributed by atoms with Gasteiger partial charge in [0, 0.05) is 6.42 Å². The second kappa shape index (κ2) is 10.5. The van der Waals surface area contributed by atoms with Crippen LogP contribution in [0.3, 0.4) is 0 Å². The van der Waals surface area contributed by atoms with E-state index in [2.05, 4.69) is 5.32 Å². The summed E-state index contributed by atoms with van der Waals surface area (Å²) in [7, 11) is 0. The van der Waals surface area contributed by atoms with Crippen LogP contribution in [0.15, 0.2) is 24.3 Å². The fourth-order valence-electron chi connectivity index (χ4n) is 1.87. The minimum absolute atomic E-state index is 0.187. The summed E-state index contributed by atoms with van der Waals surface area (Å²) in [4.78, 5) is 22.9. The number of carbonyl (C=O) groups is 2. The average molecular weight is 323 g/mol. The van der Waals surface area contributed by atoms with E-state index in [9.17, 15) is 14.7 Å². The molecule has 2 N–H and O–H groups in total. The van der Waals surface area contributed by atoms with Gasteiger partial charge < -0.3 is 19.9 Å². The van der Waals surface area contributed by atoms with Gasteiger partial charge in [-0.3, -0.25) is 0 Å². The number of rotatable bonds is 10. The van der Waals surface area contributed by atoms with Crippen LogP contribution in [0.1, 0.15) is 38.7 Å². The van der Waals surface area contributed by atoms with Crippen molar-refractivity contribution < 1.29 is 24.2 Å². The molecular weight excluding hydrogens is 298 g/mol. The lowest BCUT2D eigenvalue weighted by molar-refractivity contribution is -0.139. The highest BCUT2D eigenvalue weighted by Crippen LogP contribution is 2.14. The Balaban J connectivity index is 2.55. The molecule has 0 fully saturated rings. The molecule has 0 saturated heterocycles. The van der Waals surface area contributed by atoms with Gasteiger partial charge in [-0.05, 0) is 30.5 Å². The van der Waals surface area contributed by atoms with E-state index in [0.29, 0.717) is 6.61 Å². The molecule has 6 heteroatoms. The highest BCUT2D eigenvalue weighted by molar-refractivity contribution is 5.80. The number of aliphatic carboxylic acids is 1. The highest BCUT2D eigenvalue weighted by atomic mass is 16.5. The molecule has 0 spiro atoms. The van der Waals surface area contributed by atoms with Gasteiger partial charge in [-0.25, -0.2) is 9.59 Å². The molecule has 1 atom stereocenters. The highest BCUT2D eigenvalue weighted by Gasteiger charge is 2.21. The number of benzene rings is 1. The fourth-order valence-corrected chi connectivity index (χ4v) is 1.87. The summed E-state index contributed by atoms with van der Waals surface area (Å²) in [5, 5.41) is 11.6. The Kier molecular flexibility index (Phi) is 8.57. The molecule has 0 unspecified atom stereocenters. The average Bonchev–Trinajstić information content (AvgIpc) is 2.53. The predicted molar refractivity (Wildman–Crippen MR) is 86.7 cm³/mol. The molecule has 128 valence electrons. The maximum Gasteiger partial charge on any atom is 0.407 e. The van der Waals surface area contributed by atoms with E-state index in [-0.39, 0.29) is 13.0 Å². The zero-order valence-electron chi connectivity index (χ0n) is 13.7. The van der Waals surface area contributed by atoms with E-state index in [1.165, 1.54) is 0 Å². The molecule has 0 bridgehead atoms. The lowest BCUT2D eigenvalue weighted by atomic mass is 10.1. The van der Waals surface area contributed by atoms with Crippen LogP contribution in [0.4, 0.5) is 4.79 Å². The quantitative estimate of drug-likeness (QED) is 0.647. The van der Waals surface area contributed by atoms with Crippen molar-refractivity contribution in [2.24, 2.45) is 0 Å². The van der Waals surface area contributed by atoms with E-state index in [0.717, 1.165) is 30.6 Å². The Morgan fingerprint density at radius 2 is 1.83 bits per heavy atom. The van der Waals surface area contributed by atoms with Gasteiger partial charge in [-0.1, -0.05) is 32.4 Å². The number of carboxylic acids is 1. The molecule has 1 amide bonds. The zero-order chi connectivity index (χ0) is 17.1. The van der Waals surface area contributed by atoms with Crippen LogP contribution in [0.25, 0.3) is 0 Å². The largest absolute Gasteiger partial charge is 0.494 e. The monoisotopic (exact) mass is 323 g/mol. The standard InChI is InChI=1S/C17H25NO5/c1-3-5-11-23-17(21)18-15(16(19)20)12-13-6-8-14(9-7-13)22-10-4-2/h6-9,15H,3-5,10-12H2,1-2H3,(H,18,21)(H,19,20)/t15-/m0/s1. The van der Waals surface area contributed by atoms with Gasteiger partial charge in [0.1, 0.15) is 11.8 Å². The molecule has 0 heterocycles. The number of alkyl carbamates (subject to hydrolysis) is 1. The molecular formula is C17H25NO5. The van der Waals surface area contributed by atoms with Crippen molar-refractivity contribution >= 4 is 12.1 Å². The second-order valence-electron chi connectivity index (χ2n) is 5.22. The number of hydrogen-bond acceptors (Lipinski definition) is 4. The Morgan fingerprint density at radius 3 is 2.39 bits per heavy atom. The van der Waals surface area contributed by atoms with Crippen molar-refractivity contribution in [3.63, 3.8) is 0 Å². The Labute approximate surface area is 136 Å². The van der Waals surface area contributed by atoms with E-state index < -0.39 is 18.1 Å². The van der Waals surface area contributed by atoms with Crippen molar-refractivity contribution in [3.8, 4) is 5.75 Å². The third-order valence-corrected chi connectivity index (χ3v) is 3.16. The number of amides is 1. The molecule has 0 aromatic heterocycles. The van der Waals surface area contributed by atoms with E-state index in [1.54, 1.807) is 24.3 Å². The van der Waals surface area contributed by atoms with Crippen molar-refractivity contribution in [2.75, 3.05) is 13.2 Å². The predicted octanol–water partition coefficient (Wildman–Crippen LogP) is 3.00. The maximum absolute atomic E-state index is 11.6. The van der Waals surface area contributed by atoms with Crippen molar-refractivity contribution in [1.82, 2.24) is 5.32 Å². The van der Waals surface area contributed by atoms with Crippen LogP contribution in [0.2, 0.25) is 0 Å². The summed E-state index contributed by atoms with van der Waals surface area (Å²) in [5.41, 5.74) is 0.801. The number of carbonyl (C=O) groups excluding carboxylic acids is 1. The van der Waals surface area contributed by atoms with Gasteiger partial charge >= 0.3 is 12.1 Å². The smallest absolute Gasteiger partial charge is 0.407 e. The van der Waals surface area contributed by atoms with Gasteiger partial charge in [-0.15, -0.1) is 0 Å². The first-order valence-electron chi connectivity index (χ1n) is 7.94. The van der Waals surface area contributed by atoms with Crippen molar-refractivity contribution in [1.29, 1.82) is 0 Å². The molecule has 6 nitrogen and oxygen atoms in total. The minimum Gasteiger partial charge on any atom is -0.494 e. The number of carboxylic acid groups (broad SMARTS) is 1. The van der Waals surface area contributed by atoms with E-state index in [4.69, 9.17) is 9.47 Å². The van der Waals surface area contributed by atoms with E-state index >= 15 is 0 Å². The molecule has 0 radical (unpaired) electrons. The maximum atomic E-state index is 11.6. The summed E-state index contributed by atoms with van der Waals surface area (Å²) in [6.07, 6.45) is 2.07. The van der Waals surface area contributed by atoms with Gasteiger partial charge in [-0.2, -0.15) is 0 Å². The third-order valence-electron chi connectivity index (χ3n) is 3.16. The first-order valence-corrected chi connectivity index (χ1v) is 7.94. The molecule has 0 aliphatic carbocycles. The van der Waals surface area contributed by atoms with Crippen molar-refractivity contribution in [2.45, 2.75) is 45.6 Å². The fraction of sp³-hybridized carbons (Fsp3) is 0.529. The lowest BCUT2D eigenvalue weighted by Crippen LogP contribution is -2.42. The summed E-state index contributed by atoms with van der Waals surface area (Å²) < 4.78 is 10.4. The molecule has 1 aromatic carbocycles. The van der Waals surface area contributed by atoms with Crippen LogP contribution in [-0.4, -0.2) is 36.4 Å². The first kappa shape index (κ1) is 18.8. The summed E-state index contributed by atoms with van der Waals surface area (Å²) >= 11 is 0. The van der Waals surface area contributed by atoms with Crippen LogP contribution >= 0.6 is 0 Å². The molecule has 0 aliphatic rings. The number of ether oxygens (including phenoxy) is 2. The summed E-state index contributed by atoms with van der Waals surface area (Å²) in [5.74, 6) is -0.349. The third kappa shape index (κ3) is 7.54. The van der Waals surface area contributed by atoms with Crippen LogP contribution in [0.5, 0.6) is 5.75 Å². The second-order valence-corrected chi connectivity index (χ2v) is 5.22. The summed E-state index contributed by atoms with van der Waals surface area (Å²) in [6.45, 7) is 4.94. The minimum atomic E-state index is -1.09. The van der Waals surface area contributed by atoms with Gasteiger partial charge in [0.2, 0.25) is 0 Å². The summed E-state index contributed by atoms with van der Waals surface area (Å²) in [6, 6.07) is 6.16. The van der Waals surface area contributed by atoms with Crippen LogP contribution in [0, 0.1) is 0 Å².